The number of thiazole rings is 1. The van der Waals surface area contributed by atoms with E-state index in [-0.39, 0.29) is 11.9 Å². The SMILES string of the molecule is O=C(/C=C\c1nc2ccccc2o1)N1CCC[C@H]1c1nc2ccccc2s1. The minimum atomic E-state index is -0.0287. The highest BCUT2D eigenvalue weighted by Gasteiger charge is 2.31. The summed E-state index contributed by atoms with van der Waals surface area (Å²) in [5.41, 5.74) is 2.51. The molecule has 2 aromatic heterocycles. The first-order valence-corrected chi connectivity index (χ1v) is 9.79. The van der Waals surface area contributed by atoms with Gasteiger partial charge in [0.05, 0.1) is 16.3 Å². The monoisotopic (exact) mass is 375 g/mol. The largest absolute Gasteiger partial charge is 0.437 e. The molecule has 1 fully saturated rings. The fourth-order valence-electron chi connectivity index (χ4n) is 3.52. The number of para-hydroxylation sites is 3. The zero-order valence-corrected chi connectivity index (χ0v) is 15.4. The van der Waals surface area contributed by atoms with Gasteiger partial charge in [0.1, 0.15) is 10.5 Å². The van der Waals surface area contributed by atoms with Crippen molar-refractivity contribution < 1.29 is 9.21 Å². The van der Waals surface area contributed by atoms with Gasteiger partial charge in [-0.2, -0.15) is 0 Å². The number of carbonyl (C=O) groups is 1. The maximum Gasteiger partial charge on any atom is 0.247 e. The highest BCUT2D eigenvalue weighted by atomic mass is 32.1. The van der Waals surface area contributed by atoms with Crippen LogP contribution in [0.15, 0.2) is 59.0 Å². The molecule has 134 valence electrons. The van der Waals surface area contributed by atoms with Crippen molar-refractivity contribution in [1.82, 2.24) is 14.9 Å². The number of hydrogen-bond acceptors (Lipinski definition) is 5. The third-order valence-electron chi connectivity index (χ3n) is 4.81. The Hall–Kier alpha value is -2.99. The summed E-state index contributed by atoms with van der Waals surface area (Å²) in [6.45, 7) is 0.747. The number of amides is 1. The van der Waals surface area contributed by atoms with E-state index < -0.39 is 0 Å². The number of likely N-dealkylation sites (tertiary alicyclic amines) is 1. The second-order valence-corrected chi connectivity index (χ2v) is 7.62. The number of rotatable bonds is 3. The van der Waals surface area contributed by atoms with E-state index in [1.54, 1.807) is 23.5 Å². The first-order chi connectivity index (χ1) is 13.3. The molecule has 1 aliphatic rings. The number of fused-ring (bicyclic) bond motifs is 2. The van der Waals surface area contributed by atoms with Gasteiger partial charge in [-0.05, 0) is 37.1 Å². The van der Waals surface area contributed by atoms with E-state index >= 15 is 0 Å². The van der Waals surface area contributed by atoms with E-state index in [1.807, 2.05) is 47.4 Å². The van der Waals surface area contributed by atoms with Crippen molar-refractivity contribution in [3.8, 4) is 0 Å². The van der Waals surface area contributed by atoms with Gasteiger partial charge in [-0.25, -0.2) is 9.97 Å². The Balaban J connectivity index is 1.38. The fraction of sp³-hybridized carbons (Fsp3) is 0.190. The lowest BCUT2D eigenvalue weighted by Crippen LogP contribution is -2.28. The van der Waals surface area contributed by atoms with Gasteiger partial charge < -0.3 is 9.32 Å². The molecule has 4 aromatic rings. The molecule has 3 heterocycles. The van der Waals surface area contributed by atoms with Crippen molar-refractivity contribution in [1.29, 1.82) is 0 Å². The van der Waals surface area contributed by atoms with E-state index in [4.69, 9.17) is 9.40 Å². The van der Waals surface area contributed by atoms with Crippen LogP contribution in [0.25, 0.3) is 27.4 Å². The van der Waals surface area contributed by atoms with Gasteiger partial charge in [0.2, 0.25) is 11.8 Å². The molecule has 2 aromatic carbocycles. The summed E-state index contributed by atoms with van der Waals surface area (Å²) in [6.07, 6.45) is 5.14. The van der Waals surface area contributed by atoms with Crippen LogP contribution in [0, 0.1) is 0 Å². The lowest BCUT2D eigenvalue weighted by atomic mass is 10.2. The van der Waals surface area contributed by atoms with Gasteiger partial charge in [-0.3, -0.25) is 4.79 Å². The average molecular weight is 375 g/mol. The van der Waals surface area contributed by atoms with Crippen LogP contribution in [0.4, 0.5) is 0 Å². The van der Waals surface area contributed by atoms with Gasteiger partial charge in [0.25, 0.3) is 0 Å². The first kappa shape index (κ1) is 16.2. The van der Waals surface area contributed by atoms with Crippen LogP contribution < -0.4 is 0 Å². The predicted molar refractivity (Wildman–Crippen MR) is 106 cm³/mol. The Labute approximate surface area is 160 Å². The molecule has 0 unspecified atom stereocenters. The molecule has 1 aliphatic heterocycles. The Morgan fingerprint density at radius 2 is 1.93 bits per heavy atom. The van der Waals surface area contributed by atoms with Crippen LogP contribution in [0.5, 0.6) is 0 Å². The summed E-state index contributed by atoms with van der Waals surface area (Å²) >= 11 is 1.67. The molecule has 5 rings (SSSR count). The molecule has 0 aliphatic carbocycles. The summed E-state index contributed by atoms with van der Waals surface area (Å²) < 4.78 is 6.81. The number of aromatic nitrogens is 2. The van der Waals surface area contributed by atoms with Crippen molar-refractivity contribution in [3.63, 3.8) is 0 Å². The van der Waals surface area contributed by atoms with Crippen LogP contribution in [-0.4, -0.2) is 27.3 Å². The molecule has 6 heteroatoms. The van der Waals surface area contributed by atoms with Gasteiger partial charge in [0.15, 0.2) is 5.58 Å². The Bertz CT molecular complexity index is 1090. The minimum Gasteiger partial charge on any atom is -0.437 e. The Morgan fingerprint density at radius 3 is 2.78 bits per heavy atom. The smallest absolute Gasteiger partial charge is 0.247 e. The second-order valence-electron chi connectivity index (χ2n) is 6.56. The van der Waals surface area contributed by atoms with Crippen LogP contribution in [0.1, 0.15) is 29.8 Å². The third-order valence-corrected chi connectivity index (χ3v) is 5.95. The van der Waals surface area contributed by atoms with Crippen LogP contribution in [-0.2, 0) is 4.79 Å². The molecule has 0 spiro atoms. The van der Waals surface area contributed by atoms with Crippen molar-refractivity contribution in [3.05, 3.63) is 65.5 Å². The van der Waals surface area contributed by atoms with E-state index in [9.17, 15) is 4.79 Å². The van der Waals surface area contributed by atoms with Crippen LogP contribution in [0.2, 0.25) is 0 Å². The highest BCUT2D eigenvalue weighted by Crippen LogP contribution is 2.36. The lowest BCUT2D eigenvalue weighted by molar-refractivity contribution is -0.126. The van der Waals surface area contributed by atoms with Crippen molar-refractivity contribution in [2.24, 2.45) is 0 Å². The molecule has 1 amide bonds. The molecule has 0 saturated carbocycles. The van der Waals surface area contributed by atoms with Gasteiger partial charge >= 0.3 is 0 Å². The molecular formula is C21H17N3O2S. The van der Waals surface area contributed by atoms with Gasteiger partial charge in [-0.15, -0.1) is 11.3 Å². The number of oxazole rings is 1. The zero-order chi connectivity index (χ0) is 18.2. The maximum atomic E-state index is 12.8. The lowest BCUT2D eigenvalue weighted by Gasteiger charge is -2.21. The normalized spacial score (nSPS) is 17.5. The standard InChI is InChI=1S/C21H17N3O2S/c25-20(12-11-19-22-14-6-1-3-9-17(14)26-19)24-13-5-8-16(24)21-23-15-7-2-4-10-18(15)27-21/h1-4,6-7,9-12,16H,5,8,13H2/b12-11-/t16-/m0/s1. The third kappa shape index (κ3) is 3.02. The number of hydrogen-bond donors (Lipinski definition) is 0. The molecule has 0 radical (unpaired) electrons. The minimum absolute atomic E-state index is 0.0287. The zero-order valence-electron chi connectivity index (χ0n) is 14.5. The highest BCUT2D eigenvalue weighted by molar-refractivity contribution is 7.18. The van der Waals surface area contributed by atoms with Gasteiger partial charge in [-0.1, -0.05) is 24.3 Å². The quantitative estimate of drug-likeness (QED) is 0.482. The average Bonchev–Trinajstić information content (AvgIpc) is 3.42. The van der Waals surface area contributed by atoms with Crippen molar-refractivity contribution in [2.75, 3.05) is 6.54 Å². The summed E-state index contributed by atoms with van der Waals surface area (Å²) in [7, 11) is 0. The molecule has 0 bridgehead atoms. The fourth-order valence-corrected chi connectivity index (χ4v) is 4.63. The summed E-state index contributed by atoms with van der Waals surface area (Å²) in [6, 6.07) is 15.7. The van der Waals surface area contributed by atoms with E-state index in [0.717, 1.165) is 45.7 Å². The summed E-state index contributed by atoms with van der Waals surface area (Å²) in [5.74, 6) is 0.416. The van der Waals surface area contributed by atoms with Crippen LogP contribution in [0.3, 0.4) is 0 Å². The predicted octanol–water partition coefficient (Wildman–Crippen LogP) is 4.81. The number of nitrogens with zero attached hydrogens (tertiary/aromatic N) is 3. The second kappa shape index (κ2) is 6.63. The van der Waals surface area contributed by atoms with Crippen molar-refractivity contribution in [2.45, 2.75) is 18.9 Å². The molecule has 1 atom stereocenters. The van der Waals surface area contributed by atoms with Crippen molar-refractivity contribution >= 4 is 44.6 Å². The topological polar surface area (TPSA) is 59.2 Å². The molecule has 0 N–H and O–H groups in total. The Morgan fingerprint density at radius 1 is 1.11 bits per heavy atom. The van der Waals surface area contributed by atoms with E-state index in [0.29, 0.717) is 5.89 Å². The van der Waals surface area contributed by atoms with Crippen LogP contribution >= 0.6 is 11.3 Å². The molecule has 27 heavy (non-hydrogen) atoms. The summed E-state index contributed by atoms with van der Waals surface area (Å²) in [4.78, 5) is 23.8. The molecule has 1 saturated heterocycles. The number of carbonyl (C=O) groups excluding carboxylic acids is 1. The molecular weight excluding hydrogens is 358 g/mol. The van der Waals surface area contributed by atoms with E-state index in [1.165, 1.54) is 0 Å². The first-order valence-electron chi connectivity index (χ1n) is 8.98. The molecule has 5 nitrogen and oxygen atoms in total. The van der Waals surface area contributed by atoms with Gasteiger partial charge in [0, 0.05) is 18.7 Å². The summed E-state index contributed by atoms with van der Waals surface area (Å²) in [5, 5.41) is 1.01. The Kier molecular flexibility index (Phi) is 3.98. The number of benzene rings is 2. The van der Waals surface area contributed by atoms with E-state index in [2.05, 4.69) is 11.1 Å². The maximum absolute atomic E-state index is 12.8.